The number of likely N-dealkylation sites (N-methyl/N-ethyl adjacent to an activating group) is 1. The lowest BCUT2D eigenvalue weighted by molar-refractivity contribution is 0.0846. The fourth-order valence-corrected chi connectivity index (χ4v) is 2.22. The number of para-hydroxylation sites is 1. The van der Waals surface area contributed by atoms with Gasteiger partial charge < -0.3 is 15.4 Å². The van der Waals surface area contributed by atoms with Gasteiger partial charge in [-0.1, -0.05) is 23.7 Å². The minimum atomic E-state index is 0.258. The molecule has 0 aliphatic heterocycles. The summed E-state index contributed by atoms with van der Waals surface area (Å²) in [5, 5.41) is 0.771. The van der Waals surface area contributed by atoms with Crippen LogP contribution < -0.4 is 10.6 Å². The van der Waals surface area contributed by atoms with Crippen molar-refractivity contribution < 1.29 is 4.74 Å². The summed E-state index contributed by atoms with van der Waals surface area (Å²) in [4.78, 5) is 2.13. The summed E-state index contributed by atoms with van der Waals surface area (Å²) in [6.45, 7) is 6.22. The van der Waals surface area contributed by atoms with Crippen LogP contribution in [0.25, 0.3) is 0 Å². The van der Waals surface area contributed by atoms with Crippen LogP contribution >= 0.6 is 11.6 Å². The van der Waals surface area contributed by atoms with Crippen molar-refractivity contribution in [1.29, 1.82) is 0 Å². The summed E-state index contributed by atoms with van der Waals surface area (Å²) in [5.41, 5.74) is 7.89. The maximum atomic E-state index is 6.28. The third kappa shape index (κ3) is 4.48. The molecule has 0 spiro atoms. The smallest absolute Gasteiger partial charge is 0.0644 e. The second-order valence-electron chi connectivity index (χ2n) is 4.63. The van der Waals surface area contributed by atoms with E-state index in [4.69, 9.17) is 22.1 Å². The number of nitrogens with zero attached hydrogens (tertiary/aromatic N) is 1. The minimum Gasteiger partial charge on any atom is -0.377 e. The summed E-state index contributed by atoms with van der Waals surface area (Å²) < 4.78 is 5.56. The molecule has 0 saturated heterocycles. The van der Waals surface area contributed by atoms with Gasteiger partial charge >= 0.3 is 0 Å². The van der Waals surface area contributed by atoms with Crippen molar-refractivity contribution in [2.24, 2.45) is 5.73 Å². The van der Waals surface area contributed by atoms with Crippen molar-refractivity contribution in [2.75, 3.05) is 31.6 Å². The van der Waals surface area contributed by atoms with Gasteiger partial charge in [-0.25, -0.2) is 0 Å². The van der Waals surface area contributed by atoms with Crippen LogP contribution in [0.3, 0.4) is 0 Å². The van der Waals surface area contributed by atoms with E-state index in [0.29, 0.717) is 13.2 Å². The molecule has 0 saturated carbocycles. The van der Waals surface area contributed by atoms with Crippen LogP contribution in [-0.2, 0) is 11.2 Å². The molecule has 1 rings (SSSR count). The molecule has 0 heterocycles. The van der Waals surface area contributed by atoms with Crippen LogP contribution in [0.15, 0.2) is 18.2 Å². The Morgan fingerprint density at radius 1 is 1.39 bits per heavy atom. The molecule has 1 aromatic carbocycles. The molecule has 0 fully saturated rings. The van der Waals surface area contributed by atoms with E-state index in [1.165, 1.54) is 5.56 Å². The number of halogens is 1. The highest BCUT2D eigenvalue weighted by molar-refractivity contribution is 6.33. The molecular weight excluding hydrogens is 248 g/mol. The predicted octanol–water partition coefficient (Wildman–Crippen LogP) is 2.70. The van der Waals surface area contributed by atoms with E-state index in [0.717, 1.165) is 23.7 Å². The molecule has 0 aliphatic rings. The average Bonchev–Trinajstić information content (AvgIpc) is 2.28. The van der Waals surface area contributed by atoms with Crippen LogP contribution in [0.5, 0.6) is 0 Å². The van der Waals surface area contributed by atoms with Crippen molar-refractivity contribution in [3.63, 3.8) is 0 Å². The van der Waals surface area contributed by atoms with Gasteiger partial charge in [-0.05, 0) is 38.4 Å². The highest BCUT2D eigenvalue weighted by Gasteiger charge is 2.11. The molecule has 0 atom stereocenters. The van der Waals surface area contributed by atoms with Crippen molar-refractivity contribution >= 4 is 17.3 Å². The maximum Gasteiger partial charge on any atom is 0.0644 e. The van der Waals surface area contributed by atoms with Gasteiger partial charge in [-0.2, -0.15) is 0 Å². The van der Waals surface area contributed by atoms with Crippen molar-refractivity contribution in [1.82, 2.24) is 0 Å². The number of hydrogen-bond donors (Lipinski definition) is 1. The van der Waals surface area contributed by atoms with E-state index >= 15 is 0 Å². The Morgan fingerprint density at radius 2 is 2.11 bits per heavy atom. The first-order valence-electron chi connectivity index (χ1n) is 6.36. The first-order chi connectivity index (χ1) is 8.56. The molecule has 0 bridgehead atoms. The quantitative estimate of drug-likeness (QED) is 0.828. The Morgan fingerprint density at radius 3 is 2.72 bits per heavy atom. The van der Waals surface area contributed by atoms with Gasteiger partial charge in [0.25, 0.3) is 0 Å². The summed E-state index contributed by atoms with van der Waals surface area (Å²) in [6, 6.07) is 5.96. The summed E-state index contributed by atoms with van der Waals surface area (Å²) in [7, 11) is 2.03. The molecule has 0 aromatic heterocycles. The van der Waals surface area contributed by atoms with E-state index in [1.807, 2.05) is 33.0 Å². The Bertz CT molecular complexity index is 369. The second-order valence-corrected chi connectivity index (χ2v) is 5.03. The van der Waals surface area contributed by atoms with E-state index < -0.39 is 0 Å². The molecule has 18 heavy (non-hydrogen) atoms. The molecule has 102 valence electrons. The molecule has 3 nitrogen and oxygen atoms in total. The van der Waals surface area contributed by atoms with Crippen LogP contribution in [0, 0.1) is 0 Å². The minimum absolute atomic E-state index is 0.258. The molecule has 0 aliphatic carbocycles. The monoisotopic (exact) mass is 270 g/mol. The van der Waals surface area contributed by atoms with Crippen LogP contribution in [0.4, 0.5) is 5.69 Å². The number of nitrogens with two attached hydrogens (primary N) is 1. The number of anilines is 1. The lowest BCUT2D eigenvalue weighted by atomic mass is 10.1. The number of hydrogen-bond acceptors (Lipinski definition) is 3. The molecular formula is C14H23ClN2O. The number of ether oxygens (including phenoxy) is 1. The topological polar surface area (TPSA) is 38.5 Å². The lowest BCUT2D eigenvalue weighted by Gasteiger charge is -2.24. The van der Waals surface area contributed by atoms with Gasteiger partial charge in [-0.3, -0.25) is 0 Å². The Kier molecular flexibility index (Phi) is 6.47. The largest absolute Gasteiger partial charge is 0.377 e. The van der Waals surface area contributed by atoms with Crippen LogP contribution in [-0.4, -0.2) is 32.8 Å². The lowest BCUT2D eigenvalue weighted by Crippen LogP contribution is -2.25. The molecule has 2 N–H and O–H groups in total. The molecule has 0 amide bonds. The zero-order chi connectivity index (χ0) is 13.5. The summed E-state index contributed by atoms with van der Waals surface area (Å²) >= 11 is 6.28. The standard InChI is InChI=1S/C14H23ClN2O/c1-11(2)18-10-9-17(3)14-12(7-8-16)5-4-6-13(14)15/h4-6,11H,7-10,16H2,1-3H3. The van der Waals surface area contributed by atoms with E-state index in [2.05, 4.69) is 11.0 Å². The molecule has 1 aromatic rings. The van der Waals surface area contributed by atoms with Gasteiger partial charge in [0.15, 0.2) is 0 Å². The normalized spacial score (nSPS) is 11.0. The highest BCUT2D eigenvalue weighted by Crippen LogP contribution is 2.29. The van der Waals surface area contributed by atoms with E-state index in [-0.39, 0.29) is 6.10 Å². The van der Waals surface area contributed by atoms with Gasteiger partial charge in [0.05, 0.1) is 23.4 Å². The van der Waals surface area contributed by atoms with Gasteiger partial charge in [-0.15, -0.1) is 0 Å². The number of rotatable bonds is 7. The first kappa shape index (κ1) is 15.3. The van der Waals surface area contributed by atoms with Crippen molar-refractivity contribution in [3.05, 3.63) is 28.8 Å². The fraction of sp³-hybridized carbons (Fsp3) is 0.571. The average molecular weight is 271 g/mol. The van der Waals surface area contributed by atoms with E-state index in [1.54, 1.807) is 0 Å². The number of benzene rings is 1. The van der Waals surface area contributed by atoms with Crippen molar-refractivity contribution in [3.8, 4) is 0 Å². The Balaban J connectivity index is 2.73. The third-order valence-electron chi connectivity index (χ3n) is 2.74. The van der Waals surface area contributed by atoms with Crippen LogP contribution in [0.2, 0.25) is 5.02 Å². The highest BCUT2D eigenvalue weighted by atomic mass is 35.5. The van der Waals surface area contributed by atoms with Crippen molar-refractivity contribution in [2.45, 2.75) is 26.4 Å². The summed E-state index contributed by atoms with van der Waals surface area (Å²) in [6.07, 6.45) is 1.10. The fourth-order valence-electron chi connectivity index (χ4n) is 1.88. The molecule has 0 radical (unpaired) electrons. The SMILES string of the molecule is CC(C)OCCN(C)c1c(Cl)cccc1CCN. The third-order valence-corrected chi connectivity index (χ3v) is 3.05. The maximum absolute atomic E-state index is 6.28. The van der Waals surface area contributed by atoms with Gasteiger partial charge in [0, 0.05) is 13.6 Å². The molecule has 0 unspecified atom stereocenters. The Hall–Kier alpha value is -0.770. The van der Waals surface area contributed by atoms with Gasteiger partial charge in [0.1, 0.15) is 0 Å². The first-order valence-corrected chi connectivity index (χ1v) is 6.74. The molecule has 4 heteroatoms. The van der Waals surface area contributed by atoms with Gasteiger partial charge in [0.2, 0.25) is 0 Å². The predicted molar refractivity (Wildman–Crippen MR) is 78.6 cm³/mol. The van der Waals surface area contributed by atoms with E-state index in [9.17, 15) is 0 Å². The Labute approximate surface area is 115 Å². The summed E-state index contributed by atoms with van der Waals surface area (Å²) in [5.74, 6) is 0. The van der Waals surface area contributed by atoms with Crippen LogP contribution in [0.1, 0.15) is 19.4 Å². The zero-order valence-corrected chi connectivity index (χ0v) is 12.2. The zero-order valence-electron chi connectivity index (χ0n) is 11.4. The second kappa shape index (κ2) is 7.62.